The molecule has 0 aromatic heterocycles. The van der Waals surface area contributed by atoms with Crippen LogP contribution in [0.15, 0.2) is 36.3 Å². The summed E-state index contributed by atoms with van der Waals surface area (Å²) in [6.07, 6.45) is 9.27. The summed E-state index contributed by atoms with van der Waals surface area (Å²) in [7, 11) is 0. The Kier molecular flexibility index (Phi) is 7.90. The maximum absolute atomic E-state index is 5.38. The van der Waals surface area contributed by atoms with E-state index in [1.54, 1.807) is 12.3 Å². The topological polar surface area (TPSA) is 38.0 Å². The Morgan fingerprint density at radius 3 is 2.50 bits per heavy atom. The molecule has 0 aromatic rings. The normalized spacial score (nSPS) is 13.4. The lowest BCUT2D eigenvalue weighted by atomic mass is 10.5. The van der Waals surface area contributed by atoms with E-state index in [1.165, 1.54) is 0 Å². The van der Waals surface area contributed by atoms with Crippen LogP contribution in [-0.4, -0.2) is 0 Å². The van der Waals surface area contributed by atoms with E-state index in [4.69, 9.17) is 5.73 Å². The van der Waals surface area contributed by atoms with Gasteiger partial charge in [0, 0.05) is 6.20 Å². The standard InChI is InChI=1S/C6H8N2.2ClH/c7-6-4-2-1-3-5-8-6;;/h1-5,8H,7H2;2*1H. The Morgan fingerprint density at radius 2 is 1.80 bits per heavy atom. The Labute approximate surface area is 72.7 Å². The van der Waals surface area contributed by atoms with Crippen molar-refractivity contribution in [3.05, 3.63) is 36.3 Å². The average Bonchev–Trinajstić information content (AvgIpc) is 1.94. The molecule has 1 aliphatic rings. The molecule has 0 atom stereocenters. The van der Waals surface area contributed by atoms with Gasteiger partial charge in [-0.2, -0.15) is 0 Å². The fourth-order valence-electron chi connectivity index (χ4n) is 0.471. The second kappa shape index (κ2) is 6.52. The van der Waals surface area contributed by atoms with E-state index in [9.17, 15) is 0 Å². The fraction of sp³-hybridized carbons (Fsp3) is 0. The first-order valence-electron chi connectivity index (χ1n) is 2.45. The zero-order valence-corrected chi connectivity index (χ0v) is 6.91. The van der Waals surface area contributed by atoms with Crippen molar-refractivity contribution in [2.75, 3.05) is 0 Å². The van der Waals surface area contributed by atoms with Crippen molar-refractivity contribution in [3.8, 4) is 0 Å². The molecule has 0 saturated heterocycles. The zero-order chi connectivity index (χ0) is 5.82. The third kappa shape index (κ3) is 4.30. The van der Waals surface area contributed by atoms with Crippen molar-refractivity contribution < 1.29 is 0 Å². The number of halogens is 2. The molecule has 3 N–H and O–H groups in total. The summed E-state index contributed by atoms with van der Waals surface area (Å²) < 4.78 is 0. The van der Waals surface area contributed by atoms with Crippen molar-refractivity contribution in [1.82, 2.24) is 5.32 Å². The molecule has 0 aromatic carbocycles. The minimum Gasteiger partial charge on any atom is -0.385 e. The van der Waals surface area contributed by atoms with E-state index in [1.807, 2.05) is 18.2 Å². The van der Waals surface area contributed by atoms with Gasteiger partial charge in [0.15, 0.2) is 0 Å². The molecular weight excluding hydrogens is 171 g/mol. The summed E-state index contributed by atoms with van der Waals surface area (Å²) in [5.41, 5.74) is 5.38. The second-order valence-corrected chi connectivity index (χ2v) is 1.51. The van der Waals surface area contributed by atoms with E-state index in [2.05, 4.69) is 5.32 Å². The molecule has 0 bridgehead atoms. The summed E-state index contributed by atoms with van der Waals surface area (Å²) in [4.78, 5) is 0. The van der Waals surface area contributed by atoms with Gasteiger partial charge in [0.2, 0.25) is 0 Å². The first-order chi connectivity index (χ1) is 3.89. The number of rotatable bonds is 0. The average molecular weight is 181 g/mol. The molecule has 1 rings (SSSR count). The van der Waals surface area contributed by atoms with Crippen molar-refractivity contribution in [2.24, 2.45) is 5.73 Å². The van der Waals surface area contributed by atoms with Gasteiger partial charge in [0.25, 0.3) is 0 Å². The lowest BCUT2D eigenvalue weighted by Gasteiger charge is -1.93. The fourth-order valence-corrected chi connectivity index (χ4v) is 0.471. The van der Waals surface area contributed by atoms with Crippen molar-refractivity contribution in [1.29, 1.82) is 0 Å². The van der Waals surface area contributed by atoms with Crippen LogP contribution in [0.3, 0.4) is 0 Å². The van der Waals surface area contributed by atoms with Crippen LogP contribution >= 0.6 is 24.8 Å². The van der Waals surface area contributed by atoms with Gasteiger partial charge in [0.1, 0.15) is 0 Å². The highest BCUT2D eigenvalue weighted by Crippen LogP contribution is 1.86. The van der Waals surface area contributed by atoms with Gasteiger partial charge < -0.3 is 11.1 Å². The van der Waals surface area contributed by atoms with Crippen LogP contribution in [-0.2, 0) is 0 Å². The van der Waals surface area contributed by atoms with E-state index < -0.39 is 0 Å². The van der Waals surface area contributed by atoms with Gasteiger partial charge >= 0.3 is 0 Å². The molecule has 0 amide bonds. The lowest BCUT2D eigenvalue weighted by molar-refractivity contribution is 1.03. The number of nitrogens with one attached hydrogen (secondary N) is 1. The third-order valence-corrected chi connectivity index (χ3v) is 0.844. The number of nitrogens with two attached hydrogens (primary N) is 1. The van der Waals surface area contributed by atoms with Crippen molar-refractivity contribution >= 4 is 24.8 Å². The smallest absolute Gasteiger partial charge is 0.1000 e. The Bertz CT molecular complexity index is 161. The minimum atomic E-state index is 0. The van der Waals surface area contributed by atoms with Crippen LogP contribution in [0.1, 0.15) is 0 Å². The van der Waals surface area contributed by atoms with Gasteiger partial charge in [-0.25, -0.2) is 0 Å². The molecule has 0 aliphatic carbocycles. The van der Waals surface area contributed by atoms with Crippen LogP contribution in [0.2, 0.25) is 0 Å². The summed E-state index contributed by atoms with van der Waals surface area (Å²) in [5, 5.41) is 2.84. The molecule has 10 heavy (non-hydrogen) atoms. The van der Waals surface area contributed by atoms with E-state index >= 15 is 0 Å². The number of hydrogen-bond acceptors (Lipinski definition) is 2. The van der Waals surface area contributed by atoms with Gasteiger partial charge in [-0.15, -0.1) is 24.8 Å². The Hall–Kier alpha value is -0.600. The van der Waals surface area contributed by atoms with Crippen molar-refractivity contribution in [2.45, 2.75) is 0 Å². The van der Waals surface area contributed by atoms with E-state index in [0.717, 1.165) is 0 Å². The summed E-state index contributed by atoms with van der Waals surface area (Å²) >= 11 is 0. The highest BCUT2D eigenvalue weighted by Gasteiger charge is 1.80. The van der Waals surface area contributed by atoms with Crippen LogP contribution in [0, 0.1) is 0 Å². The summed E-state index contributed by atoms with van der Waals surface area (Å²) in [6.45, 7) is 0. The minimum absolute atomic E-state index is 0. The Morgan fingerprint density at radius 1 is 1.10 bits per heavy atom. The van der Waals surface area contributed by atoms with Crippen LogP contribution in [0.25, 0.3) is 0 Å². The predicted octanol–water partition coefficient (Wildman–Crippen LogP) is 1.30. The molecule has 0 fully saturated rings. The van der Waals surface area contributed by atoms with E-state index in [-0.39, 0.29) is 24.8 Å². The quantitative estimate of drug-likeness (QED) is 0.591. The van der Waals surface area contributed by atoms with Crippen LogP contribution < -0.4 is 11.1 Å². The molecular formula is C6H10Cl2N2. The SMILES string of the molecule is Cl.Cl.NC1=CC=CC=CN1. The number of hydrogen-bond donors (Lipinski definition) is 2. The monoisotopic (exact) mass is 180 g/mol. The molecule has 0 saturated carbocycles. The highest BCUT2D eigenvalue weighted by atomic mass is 35.5. The first-order valence-corrected chi connectivity index (χ1v) is 2.45. The molecule has 0 radical (unpaired) electrons. The molecule has 1 heterocycles. The van der Waals surface area contributed by atoms with Crippen molar-refractivity contribution in [3.63, 3.8) is 0 Å². The molecule has 58 valence electrons. The molecule has 0 unspecified atom stereocenters. The summed E-state index contributed by atoms with van der Waals surface area (Å²) in [6, 6.07) is 0. The molecule has 1 aliphatic heterocycles. The molecule has 4 heteroatoms. The van der Waals surface area contributed by atoms with Crippen LogP contribution in [0.4, 0.5) is 0 Å². The predicted molar refractivity (Wildman–Crippen MR) is 48.2 cm³/mol. The van der Waals surface area contributed by atoms with E-state index in [0.29, 0.717) is 5.82 Å². The first kappa shape index (κ1) is 12.1. The van der Waals surface area contributed by atoms with Gasteiger partial charge in [0.05, 0.1) is 5.82 Å². The van der Waals surface area contributed by atoms with Gasteiger partial charge in [-0.3, -0.25) is 0 Å². The third-order valence-electron chi connectivity index (χ3n) is 0.844. The number of allylic oxidation sites excluding steroid dienone is 4. The maximum Gasteiger partial charge on any atom is 0.1000 e. The van der Waals surface area contributed by atoms with Gasteiger partial charge in [-0.05, 0) is 12.2 Å². The summed E-state index contributed by atoms with van der Waals surface area (Å²) in [5.74, 6) is 0.676. The molecule has 2 nitrogen and oxygen atoms in total. The largest absolute Gasteiger partial charge is 0.385 e. The molecule has 0 spiro atoms. The van der Waals surface area contributed by atoms with Gasteiger partial charge in [-0.1, -0.05) is 12.2 Å². The second-order valence-electron chi connectivity index (χ2n) is 1.51. The maximum atomic E-state index is 5.38. The lowest BCUT2D eigenvalue weighted by Crippen LogP contribution is -2.12. The van der Waals surface area contributed by atoms with Crippen LogP contribution in [0.5, 0.6) is 0 Å². The zero-order valence-electron chi connectivity index (χ0n) is 5.28. The Balaban J connectivity index is 0. The highest BCUT2D eigenvalue weighted by molar-refractivity contribution is 5.85.